The van der Waals surface area contributed by atoms with Crippen molar-refractivity contribution in [2.24, 2.45) is 0 Å². The molecule has 0 spiro atoms. The Bertz CT molecular complexity index is 741. The molecule has 2 aromatic carbocycles. The van der Waals surface area contributed by atoms with E-state index in [1.807, 2.05) is 7.05 Å². The van der Waals surface area contributed by atoms with E-state index < -0.39 is 0 Å². The van der Waals surface area contributed by atoms with E-state index in [2.05, 4.69) is 76.4 Å². The van der Waals surface area contributed by atoms with Crippen molar-refractivity contribution < 1.29 is 4.74 Å². The summed E-state index contributed by atoms with van der Waals surface area (Å²) < 4.78 is 7.11. The summed E-state index contributed by atoms with van der Waals surface area (Å²) in [5.74, 6) is 0. The maximum atomic E-state index is 5.92. The quantitative estimate of drug-likeness (QED) is 0.663. The number of hydrogen-bond donors (Lipinski definition) is 1. The van der Waals surface area contributed by atoms with Gasteiger partial charge in [-0.1, -0.05) is 45.8 Å². The van der Waals surface area contributed by atoms with Crippen LogP contribution in [0, 0.1) is 13.8 Å². The molecule has 0 aromatic heterocycles. The summed E-state index contributed by atoms with van der Waals surface area (Å²) in [6, 6.07) is 13.3. The Kier molecular flexibility index (Phi) is 6.74. The second-order valence-electron chi connectivity index (χ2n) is 7.31. The molecule has 140 valence electrons. The third-order valence-corrected chi connectivity index (χ3v) is 5.75. The van der Waals surface area contributed by atoms with Crippen molar-refractivity contribution in [1.29, 1.82) is 0 Å². The largest absolute Gasteiger partial charge is 0.388 e. The predicted molar refractivity (Wildman–Crippen MR) is 113 cm³/mol. The minimum atomic E-state index is 0.349. The molecule has 2 aromatic rings. The van der Waals surface area contributed by atoms with Gasteiger partial charge in [0.05, 0.1) is 6.10 Å². The number of hydrogen-bond acceptors (Lipinski definition) is 3. The summed E-state index contributed by atoms with van der Waals surface area (Å²) in [7, 11) is 2.00. The SMILES string of the molecule is CNc1ccc(C)cc1CN(Cc1ccc(C)cc1Br)CC1CCCO1. The summed E-state index contributed by atoms with van der Waals surface area (Å²) in [5.41, 5.74) is 6.45. The van der Waals surface area contributed by atoms with Crippen molar-refractivity contribution in [3.05, 3.63) is 63.1 Å². The van der Waals surface area contributed by atoms with E-state index >= 15 is 0 Å². The molecular formula is C22H29BrN2O. The van der Waals surface area contributed by atoms with Gasteiger partial charge in [0.25, 0.3) is 0 Å². The molecular weight excluding hydrogens is 388 g/mol. The highest BCUT2D eigenvalue weighted by molar-refractivity contribution is 9.10. The highest BCUT2D eigenvalue weighted by Gasteiger charge is 2.21. The first kappa shape index (κ1) is 19.4. The molecule has 0 amide bonds. The van der Waals surface area contributed by atoms with Crippen molar-refractivity contribution in [2.75, 3.05) is 25.5 Å². The van der Waals surface area contributed by atoms with E-state index in [1.54, 1.807) is 0 Å². The monoisotopic (exact) mass is 416 g/mol. The van der Waals surface area contributed by atoms with Crippen LogP contribution in [0.2, 0.25) is 0 Å². The molecule has 1 aliphatic heterocycles. The number of ether oxygens (including phenoxy) is 1. The van der Waals surface area contributed by atoms with Gasteiger partial charge in [-0.2, -0.15) is 0 Å². The van der Waals surface area contributed by atoms with Gasteiger partial charge in [0.2, 0.25) is 0 Å². The lowest BCUT2D eigenvalue weighted by molar-refractivity contribution is 0.0679. The molecule has 1 heterocycles. The number of halogens is 1. The number of nitrogens with zero attached hydrogens (tertiary/aromatic N) is 1. The van der Waals surface area contributed by atoms with Crippen LogP contribution in [-0.2, 0) is 17.8 Å². The lowest BCUT2D eigenvalue weighted by Crippen LogP contribution is -2.31. The van der Waals surface area contributed by atoms with Gasteiger partial charge >= 0.3 is 0 Å². The number of nitrogens with one attached hydrogen (secondary N) is 1. The Morgan fingerprint density at radius 2 is 1.81 bits per heavy atom. The zero-order chi connectivity index (χ0) is 18.5. The standard InChI is InChI=1S/C22H29BrN2O/c1-16-7-9-22(24-3)19(11-16)14-25(15-20-5-4-10-26-20)13-18-8-6-17(2)12-21(18)23/h6-9,11-12,20,24H,4-5,10,13-15H2,1-3H3. The third-order valence-electron chi connectivity index (χ3n) is 5.01. The topological polar surface area (TPSA) is 24.5 Å². The van der Waals surface area contributed by atoms with Crippen LogP contribution in [0.3, 0.4) is 0 Å². The first-order chi connectivity index (χ1) is 12.5. The Morgan fingerprint density at radius 1 is 1.08 bits per heavy atom. The van der Waals surface area contributed by atoms with E-state index in [4.69, 9.17) is 4.74 Å². The van der Waals surface area contributed by atoms with E-state index in [0.29, 0.717) is 6.10 Å². The van der Waals surface area contributed by atoms with Crippen LogP contribution >= 0.6 is 15.9 Å². The van der Waals surface area contributed by atoms with Crippen molar-refractivity contribution >= 4 is 21.6 Å². The van der Waals surface area contributed by atoms with Crippen LogP contribution in [0.1, 0.15) is 35.1 Å². The number of anilines is 1. The normalized spacial score (nSPS) is 17.0. The first-order valence-corrected chi connectivity index (χ1v) is 10.2. The van der Waals surface area contributed by atoms with Crippen LogP contribution < -0.4 is 5.32 Å². The second kappa shape index (κ2) is 9.03. The fourth-order valence-electron chi connectivity index (χ4n) is 3.62. The van der Waals surface area contributed by atoms with E-state index in [1.165, 1.54) is 38.8 Å². The number of aryl methyl sites for hydroxylation is 2. The minimum Gasteiger partial charge on any atom is -0.388 e. The molecule has 1 N–H and O–H groups in total. The molecule has 0 bridgehead atoms. The van der Waals surface area contributed by atoms with E-state index in [-0.39, 0.29) is 0 Å². The van der Waals surface area contributed by atoms with Crippen LogP contribution in [0.4, 0.5) is 5.69 Å². The summed E-state index contributed by atoms with van der Waals surface area (Å²) in [4.78, 5) is 2.51. The summed E-state index contributed by atoms with van der Waals surface area (Å²) >= 11 is 3.74. The number of benzene rings is 2. The molecule has 1 aliphatic rings. The van der Waals surface area contributed by atoms with Gasteiger partial charge in [-0.05, 0) is 55.5 Å². The number of rotatable bonds is 7. The average molecular weight is 417 g/mol. The van der Waals surface area contributed by atoms with Gasteiger partial charge in [0.1, 0.15) is 0 Å². The summed E-state index contributed by atoms with van der Waals surface area (Å²) in [6.45, 7) is 7.99. The molecule has 1 unspecified atom stereocenters. The van der Waals surface area contributed by atoms with Crippen LogP contribution in [-0.4, -0.2) is 31.2 Å². The maximum Gasteiger partial charge on any atom is 0.0703 e. The summed E-state index contributed by atoms with van der Waals surface area (Å²) in [6.07, 6.45) is 2.69. The lowest BCUT2D eigenvalue weighted by atomic mass is 10.1. The van der Waals surface area contributed by atoms with Crippen molar-refractivity contribution in [1.82, 2.24) is 4.90 Å². The third kappa shape index (κ3) is 5.09. The minimum absolute atomic E-state index is 0.349. The second-order valence-corrected chi connectivity index (χ2v) is 8.16. The van der Waals surface area contributed by atoms with Gasteiger partial charge in [-0.15, -0.1) is 0 Å². The molecule has 0 radical (unpaired) electrons. The van der Waals surface area contributed by atoms with Gasteiger partial charge in [0.15, 0.2) is 0 Å². The molecule has 0 saturated carbocycles. The molecule has 0 aliphatic carbocycles. The zero-order valence-corrected chi connectivity index (χ0v) is 17.6. The Morgan fingerprint density at radius 3 is 2.50 bits per heavy atom. The van der Waals surface area contributed by atoms with Crippen LogP contribution in [0.25, 0.3) is 0 Å². The fraction of sp³-hybridized carbons (Fsp3) is 0.455. The molecule has 1 atom stereocenters. The molecule has 3 nitrogen and oxygen atoms in total. The maximum absolute atomic E-state index is 5.92. The highest BCUT2D eigenvalue weighted by Crippen LogP contribution is 2.25. The van der Waals surface area contributed by atoms with Gasteiger partial charge in [-0.3, -0.25) is 4.90 Å². The van der Waals surface area contributed by atoms with Gasteiger partial charge in [0, 0.05) is 43.4 Å². The average Bonchev–Trinajstić information content (AvgIpc) is 3.10. The lowest BCUT2D eigenvalue weighted by Gasteiger charge is -2.27. The molecule has 4 heteroatoms. The highest BCUT2D eigenvalue weighted by atomic mass is 79.9. The Labute approximate surface area is 165 Å². The first-order valence-electron chi connectivity index (χ1n) is 9.41. The fourth-order valence-corrected chi connectivity index (χ4v) is 4.24. The van der Waals surface area contributed by atoms with E-state index in [9.17, 15) is 0 Å². The van der Waals surface area contributed by atoms with E-state index in [0.717, 1.165) is 32.7 Å². The molecule has 3 rings (SSSR count). The Balaban J connectivity index is 1.81. The smallest absolute Gasteiger partial charge is 0.0703 e. The van der Waals surface area contributed by atoms with Crippen molar-refractivity contribution in [3.63, 3.8) is 0 Å². The Hall–Kier alpha value is -1.36. The predicted octanol–water partition coefficient (Wildman–Crippen LogP) is 5.29. The van der Waals surface area contributed by atoms with Crippen molar-refractivity contribution in [3.8, 4) is 0 Å². The van der Waals surface area contributed by atoms with Crippen LogP contribution in [0.15, 0.2) is 40.9 Å². The van der Waals surface area contributed by atoms with Crippen molar-refractivity contribution in [2.45, 2.75) is 45.9 Å². The molecule has 26 heavy (non-hydrogen) atoms. The molecule has 1 saturated heterocycles. The van der Waals surface area contributed by atoms with Gasteiger partial charge < -0.3 is 10.1 Å². The zero-order valence-electron chi connectivity index (χ0n) is 16.0. The van der Waals surface area contributed by atoms with Gasteiger partial charge in [-0.25, -0.2) is 0 Å². The molecule has 1 fully saturated rings. The summed E-state index contributed by atoms with van der Waals surface area (Å²) in [5, 5.41) is 3.34. The van der Waals surface area contributed by atoms with Crippen LogP contribution in [0.5, 0.6) is 0 Å².